The number of amides is 2. The molecule has 0 saturated carbocycles. The van der Waals surface area contributed by atoms with Crippen molar-refractivity contribution in [2.45, 2.75) is 6.54 Å². The third-order valence-corrected chi connectivity index (χ3v) is 1.47. The molecule has 13 heavy (non-hydrogen) atoms. The zero-order valence-electron chi connectivity index (χ0n) is 7.98. The van der Waals surface area contributed by atoms with Crippen molar-refractivity contribution in [2.75, 3.05) is 14.1 Å². The molecule has 0 aliphatic heterocycles. The molecule has 0 spiro atoms. The van der Waals surface area contributed by atoms with E-state index in [2.05, 4.69) is 15.5 Å². The third kappa shape index (κ3) is 2.73. The second kappa shape index (κ2) is 3.88. The lowest BCUT2D eigenvalue weighted by molar-refractivity contribution is 0.217. The zero-order valence-corrected chi connectivity index (χ0v) is 7.98. The number of carbonyl (C=O) groups excluding carboxylic acids is 1. The number of nitrogens with one attached hydrogen (secondary N) is 1. The van der Waals surface area contributed by atoms with Crippen molar-refractivity contribution < 1.29 is 4.79 Å². The summed E-state index contributed by atoms with van der Waals surface area (Å²) >= 11 is 0. The molecule has 72 valence electrons. The molecule has 6 nitrogen and oxygen atoms in total. The predicted octanol–water partition coefficient (Wildman–Crippen LogP) is -0.414. The van der Waals surface area contributed by atoms with Gasteiger partial charge < -0.3 is 10.2 Å². The van der Waals surface area contributed by atoms with Crippen LogP contribution in [0.4, 0.5) is 4.79 Å². The zero-order chi connectivity index (χ0) is 9.84. The highest BCUT2D eigenvalue weighted by molar-refractivity contribution is 5.73. The molecular formula is C7H13N5O. The molecule has 0 unspecified atom stereocenters. The van der Waals surface area contributed by atoms with Crippen LogP contribution >= 0.6 is 0 Å². The number of aryl methyl sites for hydroxylation is 1. The summed E-state index contributed by atoms with van der Waals surface area (Å²) in [4.78, 5) is 14.0. The molecule has 0 fully saturated rings. The first kappa shape index (κ1) is 9.50. The van der Waals surface area contributed by atoms with Crippen molar-refractivity contribution in [3.05, 3.63) is 11.9 Å². The van der Waals surface area contributed by atoms with Crippen LogP contribution in [0.15, 0.2) is 6.20 Å². The van der Waals surface area contributed by atoms with Gasteiger partial charge >= 0.3 is 6.03 Å². The van der Waals surface area contributed by atoms with Gasteiger partial charge in [0.05, 0.1) is 12.7 Å². The Morgan fingerprint density at radius 1 is 1.69 bits per heavy atom. The first-order chi connectivity index (χ1) is 6.09. The van der Waals surface area contributed by atoms with Gasteiger partial charge in [-0.3, -0.25) is 0 Å². The summed E-state index contributed by atoms with van der Waals surface area (Å²) in [6, 6.07) is -0.134. The number of urea groups is 1. The Bertz CT molecular complexity index is 293. The van der Waals surface area contributed by atoms with Gasteiger partial charge in [0.25, 0.3) is 0 Å². The van der Waals surface area contributed by atoms with E-state index in [1.54, 1.807) is 27.3 Å². The molecule has 1 aromatic heterocycles. The van der Waals surface area contributed by atoms with Gasteiger partial charge in [0, 0.05) is 21.1 Å². The molecule has 1 rings (SSSR count). The van der Waals surface area contributed by atoms with Crippen molar-refractivity contribution in [3.63, 3.8) is 0 Å². The first-order valence-electron chi connectivity index (χ1n) is 3.90. The summed E-state index contributed by atoms with van der Waals surface area (Å²) < 4.78 is 0. The molecule has 6 heteroatoms. The van der Waals surface area contributed by atoms with E-state index in [0.717, 1.165) is 5.69 Å². The number of nitrogens with zero attached hydrogens (tertiary/aromatic N) is 4. The fourth-order valence-corrected chi connectivity index (χ4v) is 0.793. The van der Waals surface area contributed by atoms with Gasteiger partial charge in [0.15, 0.2) is 0 Å². The van der Waals surface area contributed by atoms with E-state index in [1.807, 2.05) is 0 Å². The van der Waals surface area contributed by atoms with E-state index in [4.69, 9.17) is 0 Å². The summed E-state index contributed by atoms with van der Waals surface area (Å²) in [7, 11) is 5.11. The van der Waals surface area contributed by atoms with Crippen LogP contribution in [0.5, 0.6) is 0 Å². The first-order valence-corrected chi connectivity index (χ1v) is 3.90. The fourth-order valence-electron chi connectivity index (χ4n) is 0.793. The second-order valence-corrected chi connectivity index (χ2v) is 2.88. The molecule has 1 N–H and O–H groups in total. The van der Waals surface area contributed by atoms with Crippen LogP contribution in [0.1, 0.15) is 5.69 Å². The van der Waals surface area contributed by atoms with E-state index >= 15 is 0 Å². The van der Waals surface area contributed by atoms with E-state index < -0.39 is 0 Å². The Kier molecular flexibility index (Phi) is 2.84. The third-order valence-electron chi connectivity index (χ3n) is 1.47. The SMILES string of the molecule is CN(C)C(=O)NCc1cnn(C)n1. The second-order valence-electron chi connectivity index (χ2n) is 2.88. The number of hydrogen-bond donors (Lipinski definition) is 1. The van der Waals surface area contributed by atoms with Gasteiger partial charge in [-0.2, -0.15) is 15.0 Å². The number of aromatic nitrogens is 3. The Morgan fingerprint density at radius 2 is 2.38 bits per heavy atom. The lowest BCUT2D eigenvalue weighted by Gasteiger charge is -2.10. The minimum absolute atomic E-state index is 0.134. The molecule has 0 aliphatic carbocycles. The summed E-state index contributed by atoms with van der Waals surface area (Å²) in [6.07, 6.45) is 1.62. The molecule has 1 aromatic rings. The van der Waals surface area contributed by atoms with Crippen molar-refractivity contribution in [1.29, 1.82) is 0 Å². The van der Waals surface area contributed by atoms with Gasteiger partial charge in [0.1, 0.15) is 5.69 Å². The summed E-state index contributed by atoms with van der Waals surface area (Å²) in [5.74, 6) is 0. The quantitative estimate of drug-likeness (QED) is 0.677. The average Bonchev–Trinajstić information content (AvgIpc) is 2.47. The van der Waals surface area contributed by atoms with Crippen LogP contribution in [0.25, 0.3) is 0 Å². The van der Waals surface area contributed by atoms with Crippen molar-refractivity contribution in [3.8, 4) is 0 Å². The molecule has 1 heterocycles. The van der Waals surface area contributed by atoms with Crippen molar-refractivity contribution in [1.82, 2.24) is 25.2 Å². The van der Waals surface area contributed by atoms with Gasteiger partial charge in [-0.1, -0.05) is 0 Å². The van der Waals surface area contributed by atoms with Crippen LogP contribution in [0.2, 0.25) is 0 Å². The Morgan fingerprint density at radius 3 is 2.85 bits per heavy atom. The lowest BCUT2D eigenvalue weighted by atomic mass is 10.5. The molecule has 0 aromatic carbocycles. The Balaban J connectivity index is 2.39. The number of hydrogen-bond acceptors (Lipinski definition) is 3. The highest BCUT2D eigenvalue weighted by Gasteiger charge is 2.03. The minimum Gasteiger partial charge on any atom is -0.332 e. The lowest BCUT2D eigenvalue weighted by Crippen LogP contribution is -2.34. The normalized spacial score (nSPS) is 9.77. The Labute approximate surface area is 76.5 Å². The van der Waals surface area contributed by atoms with E-state index in [1.165, 1.54) is 9.70 Å². The van der Waals surface area contributed by atoms with Gasteiger partial charge in [-0.25, -0.2) is 4.79 Å². The molecular weight excluding hydrogens is 170 g/mol. The van der Waals surface area contributed by atoms with Gasteiger partial charge in [0.2, 0.25) is 0 Å². The van der Waals surface area contributed by atoms with Crippen LogP contribution in [0.3, 0.4) is 0 Å². The van der Waals surface area contributed by atoms with E-state index in [-0.39, 0.29) is 6.03 Å². The molecule has 0 saturated heterocycles. The smallest absolute Gasteiger partial charge is 0.317 e. The molecule has 0 radical (unpaired) electrons. The molecule has 2 amide bonds. The van der Waals surface area contributed by atoms with Gasteiger partial charge in [-0.05, 0) is 0 Å². The number of carbonyl (C=O) groups is 1. The van der Waals surface area contributed by atoms with E-state index in [0.29, 0.717) is 6.54 Å². The molecule has 0 atom stereocenters. The van der Waals surface area contributed by atoms with E-state index in [9.17, 15) is 4.79 Å². The molecule has 0 aliphatic rings. The molecule has 0 bridgehead atoms. The Hall–Kier alpha value is -1.59. The van der Waals surface area contributed by atoms with Crippen LogP contribution in [-0.2, 0) is 13.6 Å². The highest BCUT2D eigenvalue weighted by atomic mass is 16.2. The maximum atomic E-state index is 11.1. The standard InChI is InChI=1S/C7H13N5O/c1-11(2)7(13)8-4-6-5-9-12(3)10-6/h5H,4H2,1-3H3,(H,8,13). The largest absolute Gasteiger partial charge is 0.332 e. The summed E-state index contributed by atoms with van der Waals surface area (Å²) in [6.45, 7) is 0.408. The highest BCUT2D eigenvalue weighted by Crippen LogP contribution is 1.89. The average molecular weight is 183 g/mol. The van der Waals surface area contributed by atoms with Crippen molar-refractivity contribution >= 4 is 6.03 Å². The van der Waals surface area contributed by atoms with Crippen LogP contribution in [-0.4, -0.2) is 40.0 Å². The van der Waals surface area contributed by atoms with Crippen LogP contribution in [0, 0.1) is 0 Å². The maximum Gasteiger partial charge on any atom is 0.317 e. The minimum atomic E-state index is -0.134. The monoisotopic (exact) mass is 183 g/mol. The number of rotatable bonds is 2. The topological polar surface area (TPSA) is 63.1 Å². The predicted molar refractivity (Wildman–Crippen MR) is 46.9 cm³/mol. The maximum absolute atomic E-state index is 11.1. The fraction of sp³-hybridized carbons (Fsp3) is 0.571. The van der Waals surface area contributed by atoms with Crippen LogP contribution < -0.4 is 5.32 Å². The van der Waals surface area contributed by atoms with Gasteiger partial charge in [-0.15, -0.1) is 0 Å². The summed E-state index contributed by atoms with van der Waals surface area (Å²) in [5.41, 5.74) is 0.748. The summed E-state index contributed by atoms with van der Waals surface area (Å²) in [5, 5.41) is 10.6. The van der Waals surface area contributed by atoms with Crippen molar-refractivity contribution in [2.24, 2.45) is 7.05 Å².